The van der Waals surface area contributed by atoms with Gasteiger partial charge in [0.25, 0.3) is 0 Å². The summed E-state index contributed by atoms with van der Waals surface area (Å²) >= 11 is 0. The Bertz CT molecular complexity index is 374. The van der Waals surface area contributed by atoms with Gasteiger partial charge in [0.1, 0.15) is 18.2 Å². The van der Waals surface area contributed by atoms with Crippen molar-refractivity contribution in [1.82, 2.24) is 5.32 Å². The molecule has 19 heavy (non-hydrogen) atoms. The molecule has 5 heteroatoms. The number of nitrogens with one attached hydrogen (secondary N) is 1. The van der Waals surface area contributed by atoms with Gasteiger partial charge in [0.15, 0.2) is 0 Å². The molecule has 0 aromatic heterocycles. The first-order chi connectivity index (χ1) is 9.19. The minimum atomic E-state index is -0.264. The van der Waals surface area contributed by atoms with E-state index in [1.807, 2.05) is 6.92 Å². The monoisotopic (exact) mass is 271 g/mol. The normalized spacial score (nSPS) is 12.4. The van der Waals surface area contributed by atoms with Gasteiger partial charge in [0, 0.05) is 24.8 Å². The highest BCUT2D eigenvalue weighted by atomic mass is 19.1. The van der Waals surface area contributed by atoms with E-state index >= 15 is 0 Å². The van der Waals surface area contributed by atoms with Crippen molar-refractivity contribution in [2.24, 2.45) is 0 Å². The van der Waals surface area contributed by atoms with Crippen LogP contribution in [0.4, 0.5) is 4.39 Å². The minimum Gasteiger partial charge on any atom is -0.491 e. The Labute approximate surface area is 113 Å². The van der Waals surface area contributed by atoms with Gasteiger partial charge < -0.3 is 19.5 Å². The largest absolute Gasteiger partial charge is 0.491 e. The summed E-state index contributed by atoms with van der Waals surface area (Å²) < 4.78 is 29.3. The van der Waals surface area contributed by atoms with Gasteiger partial charge in [-0.2, -0.15) is 0 Å². The van der Waals surface area contributed by atoms with E-state index in [9.17, 15) is 4.39 Å². The van der Waals surface area contributed by atoms with Gasteiger partial charge in [-0.1, -0.05) is 6.07 Å². The fourth-order valence-electron chi connectivity index (χ4n) is 1.57. The zero-order valence-corrected chi connectivity index (χ0v) is 11.7. The average Bonchev–Trinajstić information content (AvgIpc) is 2.42. The Kier molecular flexibility index (Phi) is 7.40. The van der Waals surface area contributed by atoms with Crippen molar-refractivity contribution in [2.75, 3.05) is 40.6 Å². The maximum atomic E-state index is 13.8. The van der Waals surface area contributed by atoms with Crippen LogP contribution in [0.15, 0.2) is 18.2 Å². The van der Waals surface area contributed by atoms with Gasteiger partial charge in [0.2, 0.25) is 0 Å². The molecule has 0 amide bonds. The second kappa shape index (κ2) is 8.85. The molecular weight excluding hydrogens is 249 g/mol. The molecule has 1 atom stereocenters. The summed E-state index contributed by atoms with van der Waals surface area (Å²) in [6, 6.07) is 4.88. The molecule has 108 valence electrons. The molecule has 1 unspecified atom stereocenters. The number of hydrogen-bond acceptors (Lipinski definition) is 4. The van der Waals surface area contributed by atoms with E-state index in [4.69, 9.17) is 14.2 Å². The minimum absolute atomic E-state index is 0.0218. The molecule has 1 aromatic rings. The molecule has 0 bridgehead atoms. The van der Waals surface area contributed by atoms with E-state index in [0.29, 0.717) is 37.7 Å². The fraction of sp³-hybridized carbons (Fsp3) is 0.571. The van der Waals surface area contributed by atoms with Crippen LogP contribution in [0.1, 0.15) is 18.5 Å². The molecule has 0 aliphatic carbocycles. The summed E-state index contributed by atoms with van der Waals surface area (Å²) in [6.45, 7) is 3.85. The third-order valence-corrected chi connectivity index (χ3v) is 2.80. The lowest BCUT2D eigenvalue weighted by atomic mass is 10.1. The third kappa shape index (κ3) is 5.55. The smallest absolute Gasteiger partial charge is 0.131 e. The number of hydrogen-bond donors (Lipinski definition) is 1. The molecule has 0 saturated carbocycles. The van der Waals surface area contributed by atoms with Gasteiger partial charge in [0.05, 0.1) is 19.8 Å². The van der Waals surface area contributed by atoms with Crippen molar-refractivity contribution in [1.29, 1.82) is 0 Å². The summed E-state index contributed by atoms with van der Waals surface area (Å²) in [6.07, 6.45) is 0. The molecule has 0 radical (unpaired) electrons. The molecule has 1 aromatic carbocycles. The predicted octanol–water partition coefficient (Wildman–Crippen LogP) is 2.15. The van der Waals surface area contributed by atoms with Crippen LogP contribution in [-0.2, 0) is 9.47 Å². The predicted molar refractivity (Wildman–Crippen MR) is 72.1 cm³/mol. The lowest BCUT2D eigenvalue weighted by Crippen LogP contribution is -2.14. The Balaban J connectivity index is 2.37. The number of methoxy groups -OCH3 is 1. The van der Waals surface area contributed by atoms with E-state index in [1.165, 1.54) is 6.07 Å². The van der Waals surface area contributed by atoms with Crippen LogP contribution in [-0.4, -0.2) is 40.6 Å². The van der Waals surface area contributed by atoms with E-state index in [2.05, 4.69) is 5.32 Å². The second-order valence-corrected chi connectivity index (χ2v) is 4.15. The van der Waals surface area contributed by atoms with Gasteiger partial charge >= 0.3 is 0 Å². The van der Waals surface area contributed by atoms with E-state index < -0.39 is 0 Å². The third-order valence-electron chi connectivity index (χ3n) is 2.80. The van der Waals surface area contributed by atoms with Crippen LogP contribution in [0.5, 0.6) is 5.75 Å². The first-order valence-corrected chi connectivity index (χ1v) is 6.35. The van der Waals surface area contributed by atoms with Gasteiger partial charge in [-0.3, -0.25) is 0 Å². The Morgan fingerprint density at radius 3 is 2.58 bits per heavy atom. The number of ether oxygens (including phenoxy) is 3. The zero-order valence-electron chi connectivity index (χ0n) is 11.7. The standard InChI is InChI=1S/C14H22FNO3/c1-11(16-2)13-5-4-12(10-14(13)15)19-9-8-18-7-6-17-3/h4-5,10-11,16H,6-9H2,1-3H3. The lowest BCUT2D eigenvalue weighted by Gasteiger charge is -2.13. The van der Waals surface area contributed by atoms with Crippen molar-refractivity contribution in [3.63, 3.8) is 0 Å². The second-order valence-electron chi connectivity index (χ2n) is 4.15. The van der Waals surface area contributed by atoms with Crippen molar-refractivity contribution in [2.45, 2.75) is 13.0 Å². The van der Waals surface area contributed by atoms with E-state index in [-0.39, 0.29) is 11.9 Å². The fourth-order valence-corrected chi connectivity index (χ4v) is 1.57. The van der Waals surface area contributed by atoms with Crippen molar-refractivity contribution >= 4 is 0 Å². The highest BCUT2D eigenvalue weighted by Crippen LogP contribution is 2.21. The molecule has 4 nitrogen and oxygen atoms in total. The maximum absolute atomic E-state index is 13.8. The zero-order chi connectivity index (χ0) is 14.1. The molecule has 0 spiro atoms. The summed E-state index contributed by atoms with van der Waals surface area (Å²) in [4.78, 5) is 0. The Hall–Kier alpha value is -1.17. The van der Waals surface area contributed by atoms with Crippen molar-refractivity contribution in [3.05, 3.63) is 29.6 Å². The Morgan fingerprint density at radius 1 is 1.21 bits per heavy atom. The van der Waals surface area contributed by atoms with Crippen LogP contribution >= 0.6 is 0 Å². The van der Waals surface area contributed by atoms with Crippen LogP contribution in [0.25, 0.3) is 0 Å². The molecule has 0 saturated heterocycles. The topological polar surface area (TPSA) is 39.7 Å². The summed E-state index contributed by atoms with van der Waals surface area (Å²) in [7, 11) is 3.42. The van der Waals surface area contributed by atoms with E-state index in [0.717, 1.165) is 0 Å². The summed E-state index contributed by atoms with van der Waals surface area (Å²) in [5.41, 5.74) is 0.631. The maximum Gasteiger partial charge on any atom is 0.131 e. The molecule has 0 aliphatic heterocycles. The van der Waals surface area contributed by atoms with Crippen LogP contribution in [0.2, 0.25) is 0 Å². The Morgan fingerprint density at radius 2 is 1.95 bits per heavy atom. The molecular formula is C14H22FNO3. The average molecular weight is 271 g/mol. The number of halogens is 1. The lowest BCUT2D eigenvalue weighted by molar-refractivity contribution is 0.0544. The number of benzene rings is 1. The van der Waals surface area contributed by atoms with Crippen molar-refractivity contribution < 1.29 is 18.6 Å². The van der Waals surface area contributed by atoms with Gasteiger partial charge in [-0.25, -0.2) is 4.39 Å². The van der Waals surface area contributed by atoms with Crippen LogP contribution in [0.3, 0.4) is 0 Å². The summed E-state index contributed by atoms with van der Waals surface area (Å²) in [5.74, 6) is 0.250. The van der Waals surface area contributed by atoms with E-state index in [1.54, 1.807) is 26.3 Å². The quantitative estimate of drug-likeness (QED) is 0.699. The van der Waals surface area contributed by atoms with Crippen LogP contribution < -0.4 is 10.1 Å². The van der Waals surface area contributed by atoms with Gasteiger partial charge in [-0.15, -0.1) is 0 Å². The number of rotatable bonds is 9. The molecule has 1 N–H and O–H groups in total. The SMILES string of the molecule is CNC(C)c1ccc(OCCOCCOC)cc1F. The van der Waals surface area contributed by atoms with Crippen molar-refractivity contribution in [3.8, 4) is 5.75 Å². The summed E-state index contributed by atoms with van der Waals surface area (Å²) in [5, 5.41) is 3.00. The molecule has 0 aliphatic rings. The highest BCUT2D eigenvalue weighted by molar-refractivity contribution is 5.30. The van der Waals surface area contributed by atoms with Crippen LogP contribution in [0, 0.1) is 5.82 Å². The first kappa shape index (κ1) is 15.9. The highest BCUT2D eigenvalue weighted by Gasteiger charge is 2.09. The van der Waals surface area contributed by atoms with Gasteiger partial charge in [-0.05, 0) is 20.0 Å². The molecule has 1 rings (SSSR count). The molecule has 0 heterocycles. The molecule has 0 fully saturated rings. The first-order valence-electron chi connectivity index (χ1n) is 6.35.